The van der Waals surface area contributed by atoms with Crippen LogP contribution in [0, 0.1) is 0 Å². The summed E-state index contributed by atoms with van der Waals surface area (Å²) in [6, 6.07) is 13.3. The van der Waals surface area contributed by atoms with Gasteiger partial charge >= 0.3 is 0 Å². The topological polar surface area (TPSA) is 85.6 Å². The van der Waals surface area contributed by atoms with Gasteiger partial charge in [-0.25, -0.2) is 0 Å². The van der Waals surface area contributed by atoms with E-state index in [4.69, 9.17) is 0 Å². The van der Waals surface area contributed by atoms with Crippen LogP contribution in [0.3, 0.4) is 0 Å². The van der Waals surface area contributed by atoms with Crippen LogP contribution < -0.4 is 5.32 Å². The Kier molecular flexibility index (Phi) is 4.37. The van der Waals surface area contributed by atoms with E-state index in [0.29, 0.717) is 5.82 Å². The van der Waals surface area contributed by atoms with E-state index < -0.39 is 0 Å². The lowest BCUT2D eigenvalue weighted by Crippen LogP contribution is -2.30. The minimum atomic E-state index is -0.167. The average molecular weight is 308 g/mol. The summed E-state index contributed by atoms with van der Waals surface area (Å²) < 4.78 is 0. The second kappa shape index (κ2) is 6.78. The molecular formula is C16H16N6O. The van der Waals surface area contributed by atoms with Crippen molar-refractivity contribution >= 4 is 5.91 Å². The summed E-state index contributed by atoms with van der Waals surface area (Å²) in [4.78, 5) is 17.3. The number of hydrogen-bond acceptors (Lipinski definition) is 5. The summed E-state index contributed by atoms with van der Waals surface area (Å²) in [5.74, 6) is 0.302. The number of carbonyl (C=O) groups is 1. The van der Waals surface area contributed by atoms with Gasteiger partial charge in [-0.1, -0.05) is 30.3 Å². The molecule has 0 saturated heterocycles. The van der Waals surface area contributed by atoms with Gasteiger partial charge in [0.15, 0.2) is 0 Å². The van der Waals surface area contributed by atoms with Crippen LogP contribution in [0.1, 0.15) is 18.5 Å². The zero-order valence-corrected chi connectivity index (χ0v) is 12.6. The summed E-state index contributed by atoms with van der Waals surface area (Å²) in [6.07, 6.45) is 3.31. The maximum Gasteiger partial charge on any atom is 0.244 e. The quantitative estimate of drug-likeness (QED) is 0.774. The SMILES string of the molecule is C[C@@H](NC(=O)Cn1nnc(-c2ccncc2)n1)c1ccccc1. The molecule has 3 rings (SSSR count). The van der Waals surface area contributed by atoms with Gasteiger partial charge in [0.25, 0.3) is 0 Å². The molecule has 7 nitrogen and oxygen atoms in total. The molecule has 1 aromatic carbocycles. The fourth-order valence-corrected chi connectivity index (χ4v) is 2.17. The average Bonchev–Trinajstić information content (AvgIpc) is 3.04. The summed E-state index contributed by atoms with van der Waals surface area (Å²) in [5.41, 5.74) is 1.86. The molecule has 116 valence electrons. The number of amides is 1. The molecule has 23 heavy (non-hydrogen) atoms. The molecule has 0 aliphatic rings. The molecule has 1 amide bonds. The number of aromatic nitrogens is 5. The van der Waals surface area contributed by atoms with Gasteiger partial charge in [-0.15, -0.1) is 10.2 Å². The number of nitrogens with zero attached hydrogens (tertiary/aromatic N) is 5. The number of nitrogens with one attached hydrogen (secondary N) is 1. The lowest BCUT2D eigenvalue weighted by Gasteiger charge is -2.13. The van der Waals surface area contributed by atoms with Crippen LogP contribution in [0.15, 0.2) is 54.9 Å². The summed E-state index contributed by atoms with van der Waals surface area (Å²) in [7, 11) is 0. The van der Waals surface area contributed by atoms with Crippen LogP contribution in [0.25, 0.3) is 11.4 Å². The molecule has 0 fully saturated rings. The fourth-order valence-electron chi connectivity index (χ4n) is 2.17. The third-order valence-corrected chi connectivity index (χ3v) is 3.35. The van der Waals surface area contributed by atoms with Gasteiger partial charge in [0, 0.05) is 18.0 Å². The molecule has 7 heteroatoms. The molecule has 1 N–H and O–H groups in total. The first-order valence-electron chi connectivity index (χ1n) is 7.25. The minimum Gasteiger partial charge on any atom is -0.348 e. The maximum atomic E-state index is 12.1. The summed E-state index contributed by atoms with van der Waals surface area (Å²) in [6.45, 7) is 1.96. The molecule has 0 bridgehead atoms. The number of pyridine rings is 1. The number of tetrazole rings is 1. The number of hydrogen-bond donors (Lipinski definition) is 1. The highest BCUT2D eigenvalue weighted by Gasteiger charge is 2.12. The maximum absolute atomic E-state index is 12.1. The number of carbonyl (C=O) groups excluding carboxylic acids is 1. The van der Waals surface area contributed by atoms with Gasteiger partial charge in [-0.2, -0.15) is 4.80 Å². The van der Waals surface area contributed by atoms with Gasteiger partial charge in [0.05, 0.1) is 6.04 Å². The van der Waals surface area contributed by atoms with Crippen molar-refractivity contribution in [1.29, 1.82) is 0 Å². The Hall–Kier alpha value is -3.09. The Labute approximate surface area is 133 Å². The van der Waals surface area contributed by atoms with E-state index in [9.17, 15) is 4.79 Å². The normalized spacial score (nSPS) is 11.9. The zero-order chi connectivity index (χ0) is 16.1. The first-order chi connectivity index (χ1) is 11.2. The molecule has 0 spiro atoms. The van der Waals surface area contributed by atoms with Crippen LogP contribution >= 0.6 is 0 Å². The molecule has 1 atom stereocenters. The first-order valence-corrected chi connectivity index (χ1v) is 7.25. The highest BCUT2D eigenvalue weighted by molar-refractivity contribution is 5.76. The monoisotopic (exact) mass is 308 g/mol. The Morgan fingerprint density at radius 2 is 1.91 bits per heavy atom. The van der Waals surface area contributed by atoms with Crippen LogP contribution in [0.5, 0.6) is 0 Å². The van der Waals surface area contributed by atoms with Crippen molar-refractivity contribution < 1.29 is 4.79 Å². The molecule has 0 aliphatic heterocycles. The largest absolute Gasteiger partial charge is 0.348 e. The summed E-state index contributed by atoms with van der Waals surface area (Å²) >= 11 is 0. The standard InChI is InChI=1S/C16H16N6O/c1-12(13-5-3-2-4-6-13)18-15(23)11-22-20-16(19-21-22)14-7-9-17-10-8-14/h2-10,12H,11H2,1H3,(H,18,23)/t12-/m1/s1. The van der Waals surface area contributed by atoms with Crippen molar-refractivity contribution in [1.82, 2.24) is 30.5 Å². The minimum absolute atomic E-state index is 0.0231. The molecule has 2 heterocycles. The van der Waals surface area contributed by atoms with Gasteiger partial charge < -0.3 is 5.32 Å². The van der Waals surface area contributed by atoms with Gasteiger partial charge in [0.2, 0.25) is 11.7 Å². The second-order valence-electron chi connectivity index (χ2n) is 5.08. The van der Waals surface area contributed by atoms with E-state index in [-0.39, 0.29) is 18.5 Å². The Bertz CT molecular complexity index is 772. The first kappa shape index (κ1) is 14.8. The molecule has 0 radical (unpaired) electrons. The Balaban J connectivity index is 1.61. The number of rotatable bonds is 5. The van der Waals surface area contributed by atoms with Crippen LogP contribution in [0.2, 0.25) is 0 Å². The third kappa shape index (κ3) is 3.76. The van der Waals surface area contributed by atoms with E-state index in [2.05, 4.69) is 25.7 Å². The van der Waals surface area contributed by atoms with Crippen molar-refractivity contribution in [2.45, 2.75) is 19.5 Å². The van der Waals surface area contributed by atoms with Crippen LogP contribution in [-0.4, -0.2) is 31.1 Å². The fraction of sp³-hybridized carbons (Fsp3) is 0.188. The van der Waals surface area contributed by atoms with E-state index in [1.807, 2.05) is 37.3 Å². The summed E-state index contributed by atoms with van der Waals surface area (Å²) in [5, 5.41) is 15.0. The van der Waals surface area contributed by atoms with Gasteiger partial charge in [-0.05, 0) is 29.8 Å². The highest BCUT2D eigenvalue weighted by Crippen LogP contribution is 2.12. The van der Waals surface area contributed by atoms with Crippen molar-refractivity contribution in [3.05, 3.63) is 60.4 Å². The Morgan fingerprint density at radius 1 is 1.17 bits per heavy atom. The van der Waals surface area contributed by atoms with Crippen molar-refractivity contribution in [3.63, 3.8) is 0 Å². The predicted octanol–water partition coefficient (Wildman–Crippen LogP) is 1.61. The van der Waals surface area contributed by atoms with Gasteiger partial charge in [0.1, 0.15) is 6.54 Å². The van der Waals surface area contributed by atoms with Crippen molar-refractivity contribution in [3.8, 4) is 11.4 Å². The van der Waals surface area contributed by atoms with E-state index >= 15 is 0 Å². The van der Waals surface area contributed by atoms with Crippen molar-refractivity contribution in [2.24, 2.45) is 0 Å². The predicted molar refractivity (Wildman–Crippen MR) is 84.0 cm³/mol. The van der Waals surface area contributed by atoms with E-state index in [1.165, 1.54) is 4.80 Å². The van der Waals surface area contributed by atoms with E-state index in [1.54, 1.807) is 24.5 Å². The van der Waals surface area contributed by atoms with Crippen LogP contribution in [0.4, 0.5) is 0 Å². The molecule has 0 aliphatic carbocycles. The third-order valence-electron chi connectivity index (χ3n) is 3.35. The molecule has 2 aromatic heterocycles. The molecule has 0 saturated carbocycles. The second-order valence-corrected chi connectivity index (χ2v) is 5.08. The van der Waals surface area contributed by atoms with Gasteiger partial charge in [-0.3, -0.25) is 9.78 Å². The molecular weight excluding hydrogens is 292 g/mol. The Morgan fingerprint density at radius 3 is 2.65 bits per heavy atom. The van der Waals surface area contributed by atoms with Crippen LogP contribution in [-0.2, 0) is 11.3 Å². The lowest BCUT2D eigenvalue weighted by molar-refractivity contribution is -0.122. The van der Waals surface area contributed by atoms with Crippen molar-refractivity contribution in [2.75, 3.05) is 0 Å². The zero-order valence-electron chi connectivity index (χ0n) is 12.6. The number of benzene rings is 1. The molecule has 0 unspecified atom stereocenters. The smallest absolute Gasteiger partial charge is 0.244 e. The lowest BCUT2D eigenvalue weighted by atomic mass is 10.1. The highest BCUT2D eigenvalue weighted by atomic mass is 16.2. The molecule has 3 aromatic rings. The van der Waals surface area contributed by atoms with E-state index in [0.717, 1.165) is 11.1 Å².